The minimum Gasteiger partial charge on any atom is -0.454 e. The Morgan fingerprint density at radius 2 is 1.53 bits per heavy atom. The molecule has 0 atom stereocenters. The number of aromatic nitrogens is 1. The Labute approximate surface area is 225 Å². The fourth-order valence-electron chi connectivity index (χ4n) is 6.47. The van der Waals surface area contributed by atoms with Gasteiger partial charge in [-0.25, -0.2) is 4.57 Å². The first-order valence-electron chi connectivity index (χ1n) is 13.5. The molecule has 6 rings (SSSR count). The molecule has 0 saturated carbocycles. The van der Waals surface area contributed by atoms with E-state index >= 15 is 0 Å². The molecular weight excluding hydrogens is 464 g/mol. The highest BCUT2D eigenvalue weighted by atomic mass is 16.3. The Morgan fingerprint density at radius 3 is 2.24 bits per heavy atom. The molecule has 3 aromatic carbocycles. The van der Waals surface area contributed by atoms with Gasteiger partial charge in [-0.2, -0.15) is 5.26 Å². The van der Waals surface area contributed by atoms with Crippen LogP contribution in [0.2, 0.25) is 0 Å². The van der Waals surface area contributed by atoms with Crippen molar-refractivity contribution in [2.45, 2.75) is 65.2 Å². The number of nitrogens with zero attached hydrogens (tertiary/aromatic N) is 2. The minimum atomic E-state index is 0.0982. The molecule has 1 aliphatic carbocycles. The van der Waals surface area contributed by atoms with E-state index < -0.39 is 0 Å². The van der Waals surface area contributed by atoms with Gasteiger partial charge in [0.2, 0.25) is 5.69 Å². The molecule has 1 aliphatic rings. The zero-order chi connectivity index (χ0) is 27.0. The van der Waals surface area contributed by atoms with Crippen LogP contribution in [-0.2, 0) is 17.9 Å². The molecule has 0 amide bonds. The maximum Gasteiger partial charge on any atom is 0.216 e. The summed E-state index contributed by atoms with van der Waals surface area (Å²) in [6.45, 7) is 13.6. The first-order chi connectivity index (χ1) is 18.0. The lowest BCUT2D eigenvalue weighted by atomic mass is 9.63. The van der Waals surface area contributed by atoms with Crippen molar-refractivity contribution in [2.75, 3.05) is 0 Å². The van der Waals surface area contributed by atoms with E-state index in [1.54, 1.807) is 0 Å². The van der Waals surface area contributed by atoms with Gasteiger partial charge in [0.1, 0.15) is 18.2 Å². The highest BCUT2D eigenvalue weighted by molar-refractivity contribution is 6.14. The number of fused-ring (bicyclic) bond motifs is 4. The largest absolute Gasteiger partial charge is 0.454 e. The van der Waals surface area contributed by atoms with Crippen molar-refractivity contribution < 1.29 is 8.98 Å². The van der Waals surface area contributed by atoms with Gasteiger partial charge in [0.05, 0.1) is 17.2 Å². The van der Waals surface area contributed by atoms with Gasteiger partial charge in [-0.05, 0) is 77.5 Å². The van der Waals surface area contributed by atoms with E-state index in [1.807, 2.05) is 12.1 Å². The minimum absolute atomic E-state index is 0.0982. The van der Waals surface area contributed by atoms with Gasteiger partial charge in [-0.1, -0.05) is 58.0 Å². The van der Waals surface area contributed by atoms with Crippen molar-refractivity contribution in [3.05, 3.63) is 88.6 Å². The molecule has 2 aromatic heterocycles. The summed E-state index contributed by atoms with van der Waals surface area (Å²) >= 11 is 0. The summed E-state index contributed by atoms with van der Waals surface area (Å²) in [7, 11) is 2.07. The lowest BCUT2D eigenvalue weighted by Crippen LogP contribution is -2.33. The number of rotatable bonds is 2. The summed E-state index contributed by atoms with van der Waals surface area (Å²) < 4.78 is 8.99. The number of hydrogen-bond donors (Lipinski definition) is 0. The molecule has 5 aromatic rings. The van der Waals surface area contributed by atoms with Crippen LogP contribution in [-0.4, -0.2) is 0 Å². The fraction of sp³-hybridized carbons (Fsp3) is 0.314. The summed E-state index contributed by atoms with van der Waals surface area (Å²) in [5.41, 5.74) is 12.0. The molecule has 0 unspecified atom stereocenters. The Balaban J connectivity index is 1.71. The highest BCUT2D eigenvalue weighted by Gasteiger charge is 2.37. The molecule has 2 heterocycles. The number of aryl methyl sites for hydroxylation is 2. The van der Waals surface area contributed by atoms with Crippen LogP contribution >= 0.6 is 0 Å². The van der Waals surface area contributed by atoms with Crippen molar-refractivity contribution in [2.24, 2.45) is 7.05 Å². The standard InChI is InChI=1S/C35H35N2O/c1-21-11-13-25-26-18-24(20-36)22(2)31(33(26)38-32(25)30(21)29-10-8-9-17-37(29)7)23-12-14-27-28(19-23)35(5,6)16-15-34(27,3)4/h8-14,17-19H,15-16H2,1-7H3/q+1. The number of benzene rings is 3. The number of hydrogen-bond acceptors (Lipinski definition) is 2. The molecule has 0 saturated heterocycles. The zero-order valence-electron chi connectivity index (χ0n) is 23.5. The van der Waals surface area contributed by atoms with Gasteiger partial charge in [0.25, 0.3) is 0 Å². The predicted molar refractivity (Wildman–Crippen MR) is 155 cm³/mol. The third kappa shape index (κ3) is 3.51. The van der Waals surface area contributed by atoms with Crippen molar-refractivity contribution >= 4 is 21.9 Å². The SMILES string of the molecule is Cc1ccc2c(oc3c(-c4ccc5c(c4)C(C)(C)CCC5(C)C)c(C)c(C#N)cc32)c1-c1cccc[n+]1C. The average molecular weight is 500 g/mol. The highest BCUT2D eigenvalue weighted by Crippen LogP contribution is 2.48. The van der Waals surface area contributed by atoms with Crippen molar-refractivity contribution in [1.29, 1.82) is 5.26 Å². The van der Waals surface area contributed by atoms with Gasteiger partial charge < -0.3 is 4.42 Å². The van der Waals surface area contributed by atoms with Crippen molar-refractivity contribution in [3.63, 3.8) is 0 Å². The second kappa shape index (κ2) is 8.30. The van der Waals surface area contributed by atoms with E-state index in [9.17, 15) is 5.26 Å². The molecule has 3 heteroatoms. The van der Waals surface area contributed by atoms with Crippen molar-refractivity contribution in [1.82, 2.24) is 0 Å². The summed E-state index contributed by atoms with van der Waals surface area (Å²) in [5.74, 6) is 0. The average Bonchev–Trinajstić information content (AvgIpc) is 3.24. The van der Waals surface area contributed by atoms with Crippen LogP contribution in [0.1, 0.15) is 68.4 Å². The maximum absolute atomic E-state index is 10.1. The molecule has 0 radical (unpaired) electrons. The summed E-state index contributed by atoms with van der Waals surface area (Å²) in [6, 6.07) is 21.9. The Morgan fingerprint density at radius 1 is 0.816 bits per heavy atom. The summed E-state index contributed by atoms with van der Waals surface area (Å²) in [5, 5.41) is 12.2. The van der Waals surface area contributed by atoms with Crippen LogP contribution in [0.15, 0.2) is 65.2 Å². The molecule has 0 fully saturated rings. The van der Waals surface area contributed by atoms with Crippen molar-refractivity contribution in [3.8, 4) is 28.5 Å². The van der Waals surface area contributed by atoms with E-state index in [1.165, 1.54) is 17.5 Å². The number of furan rings is 1. The third-order valence-corrected chi connectivity index (χ3v) is 8.97. The Kier molecular flexibility index (Phi) is 5.34. The first kappa shape index (κ1) is 24.4. The van der Waals surface area contributed by atoms with Crippen LogP contribution in [0.25, 0.3) is 44.3 Å². The Bertz CT molecular complexity index is 1810. The predicted octanol–water partition coefficient (Wildman–Crippen LogP) is 8.58. The topological polar surface area (TPSA) is 40.8 Å². The molecule has 0 aliphatic heterocycles. The van der Waals surface area contributed by atoms with Crippen LogP contribution in [0.5, 0.6) is 0 Å². The molecule has 3 nitrogen and oxygen atoms in total. The second-order valence-electron chi connectivity index (χ2n) is 12.4. The third-order valence-electron chi connectivity index (χ3n) is 8.97. The molecule has 38 heavy (non-hydrogen) atoms. The quantitative estimate of drug-likeness (QED) is 0.228. The van der Waals surface area contributed by atoms with Gasteiger partial charge in [0.15, 0.2) is 6.20 Å². The molecule has 190 valence electrons. The van der Waals surface area contributed by atoms with Gasteiger partial charge >= 0.3 is 0 Å². The lowest BCUT2D eigenvalue weighted by molar-refractivity contribution is -0.660. The van der Waals surface area contributed by atoms with E-state index in [2.05, 4.69) is 108 Å². The van der Waals surface area contributed by atoms with Crippen LogP contribution in [0.3, 0.4) is 0 Å². The number of pyridine rings is 1. The van der Waals surface area contributed by atoms with Gasteiger partial charge in [-0.15, -0.1) is 0 Å². The molecule has 0 bridgehead atoms. The van der Waals surface area contributed by atoms with Crippen LogP contribution in [0, 0.1) is 25.2 Å². The van der Waals surface area contributed by atoms with Gasteiger partial charge in [0, 0.05) is 28.5 Å². The van der Waals surface area contributed by atoms with E-state index in [4.69, 9.17) is 4.42 Å². The van der Waals surface area contributed by atoms with E-state index in [0.717, 1.165) is 61.9 Å². The van der Waals surface area contributed by atoms with Gasteiger partial charge in [-0.3, -0.25) is 0 Å². The van der Waals surface area contributed by atoms with Crippen LogP contribution < -0.4 is 4.57 Å². The van der Waals surface area contributed by atoms with E-state index in [-0.39, 0.29) is 10.8 Å². The van der Waals surface area contributed by atoms with Crippen LogP contribution in [0.4, 0.5) is 0 Å². The smallest absolute Gasteiger partial charge is 0.216 e. The normalized spacial score (nSPS) is 15.9. The maximum atomic E-state index is 10.1. The summed E-state index contributed by atoms with van der Waals surface area (Å²) in [4.78, 5) is 0. The second-order valence-corrected chi connectivity index (χ2v) is 12.4. The summed E-state index contributed by atoms with van der Waals surface area (Å²) in [6.07, 6.45) is 4.41. The molecule has 0 N–H and O–H groups in total. The lowest BCUT2D eigenvalue weighted by Gasteiger charge is -2.42. The Hall–Kier alpha value is -3.90. The monoisotopic (exact) mass is 499 g/mol. The first-order valence-corrected chi connectivity index (χ1v) is 13.5. The molecule has 0 spiro atoms. The fourth-order valence-corrected chi connectivity index (χ4v) is 6.47. The zero-order valence-corrected chi connectivity index (χ0v) is 23.5. The number of nitriles is 1. The van der Waals surface area contributed by atoms with E-state index in [0.29, 0.717) is 5.56 Å². The molecular formula is C35H35N2O+.